The van der Waals surface area contributed by atoms with E-state index in [4.69, 9.17) is 4.74 Å². The Bertz CT molecular complexity index is 814. The van der Waals surface area contributed by atoms with Crippen LogP contribution in [-0.4, -0.2) is 25.0 Å². The predicted octanol–water partition coefficient (Wildman–Crippen LogP) is 3.30. The molecule has 0 saturated heterocycles. The van der Waals surface area contributed by atoms with E-state index in [2.05, 4.69) is 5.32 Å². The van der Waals surface area contributed by atoms with E-state index in [0.29, 0.717) is 24.4 Å². The van der Waals surface area contributed by atoms with Crippen molar-refractivity contribution in [1.82, 2.24) is 0 Å². The summed E-state index contributed by atoms with van der Waals surface area (Å²) in [6.45, 7) is 6.40. The zero-order valence-corrected chi connectivity index (χ0v) is 14.1. The molecule has 0 bridgehead atoms. The highest BCUT2D eigenvalue weighted by molar-refractivity contribution is 6.08. The molecule has 5 nitrogen and oxygen atoms in total. The minimum atomic E-state index is -0.164. The van der Waals surface area contributed by atoms with Gasteiger partial charge in [0.2, 0.25) is 5.91 Å². The topological polar surface area (TPSA) is 58.6 Å². The van der Waals surface area contributed by atoms with Crippen LogP contribution >= 0.6 is 0 Å². The smallest absolute Gasteiger partial charge is 0.258 e. The molecule has 1 N–H and O–H groups in total. The lowest BCUT2D eigenvalue weighted by Crippen LogP contribution is -2.38. The van der Waals surface area contributed by atoms with Gasteiger partial charge in [0.1, 0.15) is 12.4 Å². The second kappa shape index (κ2) is 6.35. The number of carbonyl (C=O) groups excluding carboxylic acids is 2. The zero-order chi connectivity index (χ0) is 17.3. The van der Waals surface area contributed by atoms with Gasteiger partial charge in [-0.1, -0.05) is 12.1 Å². The van der Waals surface area contributed by atoms with Crippen LogP contribution in [0.1, 0.15) is 28.4 Å². The quantitative estimate of drug-likeness (QED) is 0.922. The number of fused-ring (bicyclic) bond motifs is 1. The normalized spacial score (nSPS) is 13.0. The number of nitrogens with zero attached hydrogens (tertiary/aromatic N) is 1. The second-order valence-electron chi connectivity index (χ2n) is 6.00. The Morgan fingerprint density at radius 3 is 2.71 bits per heavy atom. The lowest BCUT2D eigenvalue weighted by Gasteiger charge is -2.31. The summed E-state index contributed by atoms with van der Waals surface area (Å²) in [4.78, 5) is 26.0. The molecule has 1 aliphatic heterocycles. The molecule has 24 heavy (non-hydrogen) atoms. The third-order valence-electron chi connectivity index (χ3n) is 3.93. The number of hydrogen-bond acceptors (Lipinski definition) is 3. The van der Waals surface area contributed by atoms with Crippen molar-refractivity contribution in [3.05, 3.63) is 53.1 Å². The van der Waals surface area contributed by atoms with Gasteiger partial charge in [-0.05, 0) is 49.2 Å². The molecule has 2 aromatic carbocycles. The fourth-order valence-electron chi connectivity index (χ4n) is 3.03. The van der Waals surface area contributed by atoms with Gasteiger partial charge in [-0.2, -0.15) is 0 Å². The number of carbonyl (C=O) groups is 2. The molecule has 0 spiro atoms. The maximum atomic E-state index is 13.0. The number of aryl methyl sites for hydroxylation is 2. The third kappa shape index (κ3) is 3.11. The molecule has 1 heterocycles. The molecule has 0 unspecified atom stereocenters. The number of nitrogens with one attached hydrogen (secondary N) is 1. The van der Waals surface area contributed by atoms with E-state index in [0.717, 1.165) is 22.6 Å². The second-order valence-corrected chi connectivity index (χ2v) is 6.00. The molecule has 0 aromatic heterocycles. The van der Waals surface area contributed by atoms with Crippen molar-refractivity contribution in [2.24, 2.45) is 0 Å². The van der Waals surface area contributed by atoms with Crippen LogP contribution in [0.5, 0.6) is 5.75 Å². The lowest BCUT2D eigenvalue weighted by atomic mass is 10.1. The molecule has 0 radical (unpaired) electrons. The van der Waals surface area contributed by atoms with Gasteiger partial charge >= 0.3 is 0 Å². The monoisotopic (exact) mass is 324 g/mol. The van der Waals surface area contributed by atoms with Crippen LogP contribution in [0.25, 0.3) is 0 Å². The standard InChI is InChI=1S/C19H20N2O3/c1-12-9-13(2)18-17(10-12)24-8-7-21(18)19(23)15-5-4-6-16(11-15)20-14(3)22/h4-6,9-11H,7-8H2,1-3H3,(H,20,22). The molecular formula is C19H20N2O3. The largest absolute Gasteiger partial charge is 0.490 e. The van der Waals surface area contributed by atoms with Gasteiger partial charge < -0.3 is 15.0 Å². The summed E-state index contributed by atoms with van der Waals surface area (Å²) in [5.74, 6) is 0.478. The van der Waals surface area contributed by atoms with Gasteiger partial charge in [0.15, 0.2) is 0 Å². The molecule has 0 saturated carbocycles. The van der Waals surface area contributed by atoms with E-state index in [1.165, 1.54) is 6.92 Å². The average Bonchev–Trinajstić information content (AvgIpc) is 2.53. The van der Waals surface area contributed by atoms with Crippen LogP contribution in [0.3, 0.4) is 0 Å². The maximum Gasteiger partial charge on any atom is 0.258 e. The number of anilines is 2. The van der Waals surface area contributed by atoms with Gasteiger partial charge in [0, 0.05) is 18.2 Å². The molecule has 2 aromatic rings. The highest BCUT2D eigenvalue weighted by Gasteiger charge is 2.26. The molecule has 3 rings (SSSR count). The van der Waals surface area contributed by atoms with Crippen LogP contribution in [-0.2, 0) is 4.79 Å². The number of ether oxygens (including phenoxy) is 1. The number of amides is 2. The third-order valence-corrected chi connectivity index (χ3v) is 3.93. The summed E-state index contributed by atoms with van der Waals surface area (Å²) in [6.07, 6.45) is 0. The summed E-state index contributed by atoms with van der Waals surface area (Å²) in [5, 5.41) is 2.71. The first-order chi connectivity index (χ1) is 11.5. The Morgan fingerprint density at radius 1 is 1.17 bits per heavy atom. The van der Waals surface area contributed by atoms with Crippen molar-refractivity contribution >= 4 is 23.2 Å². The number of hydrogen-bond donors (Lipinski definition) is 1. The fraction of sp³-hybridized carbons (Fsp3) is 0.263. The average molecular weight is 324 g/mol. The molecule has 124 valence electrons. The summed E-state index contributed by atoms with van der Waals surface area (Å²) in [7, 11) is 0. The Labute approximate surface area is 141 Å². The maximum absolute atomic E-state index is 13.0. The van der Waals surface area contributed by atoms with Crippen molar-refractivity contribution in [3.63, 3.8) is 0 Å². The molecule has 0 aliphatic carbocycles. The molecule has 0 atom stereocenters. The molecule has 0 fully saturated rings. The van der Waals surface area contributed by atoms with Gasteiger partial charge in [0.05, 0.1) is 12.2 Å². The van der Waals surface area contributed by atoms with E-state index >= 15 is 0 Å². The van der Waals surface area contributed by atoms with E-state index in [9.17, 15) is 9.59 Å². The van der Waals surface area contributed by atoms with Gasteiger partial charge in [-0.15, -0.1) is 0 Å². The SMILES string of the molecule is CC(=O)Nc1cccc(C(=O)N2CCOc3cc(C)cc(C)c32)c1. The minimum absolute atomic E-state index is 0.0984. The van der Waals surface area contributed by atoms with Crippen molar-refractivity contribution < 1.29 is 14.3 Å². The summed E-state index contributed by atoms with van der Waals surface area (Å²) in [6, 6.07) is 11.0. The highest BCUT2D eigenvalue weighted by atomic mass is 16.5. The molecule has 2 amide bonds. The Morgan fingerprint density at radius 2 is 1.96 bits per heavy atom. The van der Waals surface area contributed by atoms with Gasteiger partial charge in [-0.3, -0.25) is 9.59 Å². The van der Waals surface area contributed by atoms with E-state index in [-0.39, 0.29) is 11.8 Å². The lowest BCUT2D eigenvalue weighted by molar-refractivity contribution is -0.114. The van der Waals surface area contributed by atoms with Gasteiger partial charge in [-0.25, -0.2) is 0 Å². The van der Waals surface area contributed by atoms with Crippen LogP contribution in [0.15, 0.2) is 36.4 Å². The number of rotatable bonds is 2. The highest BCUT2D eigenvalue weighted by Crippen LogP contribution is 2.36. The van der Waals surface area contributed by atoms with Crippen LogP contribution < -0.4 is 15.0 Å². The van der Waals surface area contributed by atoms with Crippen molar-refractivity contribution in [3.8, 4) is 5.75 Å². The van der Waals surface area contributed by atoms with Crippen LogP contribution in [0.4, 0.5) is 11.4 Å². The van der Waals surface area contributed by atoms with E-state index in [1.54, 1.807) is 29.2 Å². The summed E-state index contributed by atoms with van der Waals surface area (Å²) >= 11 is 0. The van der Waals surface area contributed by atoms with Crippen molar-refractivity contribution in [2.45, 2.75) is 20.8 Å². The zero-order valence-electron chi connectivity index (χ0n) is 14.1. The first kappa shape index (κ1) is 16.1. The van der Waals surface area contributed by atoms with Crippen molar-refractivity contribution in [2.75, 3.05) is 23.4 Å². The minimum Gasteiger partial charge on any atom is -0.490 e. The molecule has 5 heteroatoms. The van der Waals surface area contributed by atoms with Crippen LogP contribution in [0.2, 0.25) is 0 Å². The first-order valence-corrected chi connectivity index (χ1v) is 7.89. The molecular weight excluding hydrogens is 304 g/mol. The Hall–Kier alpha value is -2.82. The van der Waals surface area contributed by atoms with E-state index in [1.807, 2.05) is 26.0 Å². The van der Waals surface area contributed by atoms with Gasteiger partial charge in [0.25, 0.3) is 5.91 Å². The fourth-order valence-corrected chi connectivity index (χ4v) is 3.03. The van der Waals surface area contributed by atoms with E-state index < -0.39 is 0 Å². The summed E-state index contributed by atoms with van der Waals surface area (Å²) < 4.78 is 5.73. The summed E-state index contributed by atoms with van der Waals surface area (Å²) in [5.41, 5.74) is 4.09. The predicted molar refractivity (Wildman–Crippen MR) is 93.8 cm³/mol. The molecule has 1 aliphatic rings. The van der Waals surface area contributed by atoms with Crippen molar-refractivity contribution in [1.29, 1.82) is 0 Å². The Kier molecular flexibility index (Phi) is 4.25. The number of benzene rings is 2. The van der Waals surface area contributed by atoms with Crippen LogP contribution in [0, 0.1) is 13.8 Å². The first-order valence-electron chi connectivity index (χ1n) is 7.89. The Balaban J connectivity index is 1.96.